The monoisotopic (exact) mass is 392 g/mol. The lowest BCUT2D eigenvalue weighted by molar-refractivity contribution is -0.136. The molecule has 2 aliphatic heterocycles. The number of nitrogens with one attached hydrogen (secondary N) is 1. The summed E-state index contributed by atoms with van der Waals surface area (Å²) in [4.78, 5) is 43.8. The Labute approximate surface area is 167 Å². The van der Waals surface area contributed by atoms with Gasteiger partial charge < -0.3 is 10.2 Å². The molecule has 0 aliphatic carbocycles. The molecule has 0 fully saturated rings. The smallest absolute Gasteiger partial charge is 0.277 e. The lowest BCUT2D eigenvalue weighted by Crippen LogP contribution is -2.38. The Bertz CT molecular complexity index is 1030. The van der Waals surface area contributed by atoms with Gasteiger partial charge in [-0.25, -0.2) is 0 Å². The van der Waals surface area contributed by atoms with Crippen molar-refractivity contribution in [3.63, 3.8) is 0 Å². The van der Waals surface area contributed by atoms with Crippen LogP contribution in [0.3, 0.4) is 0 Å². The van der Waals surface area contributed by atoms with E-state index in [-0.39, 0.29) is 24.3 Å². The van der Waals surface area contributed by atoms with Crippen molar-refractivity contribution in [3.05, 3.63) is 47.4 Å². The lowest BCUT2D eigenvalue weighted by Gasteiger charge is -2.28. The van der Waals surface area contributed by atoms with Crippen molar-refractivity contribution in [2.24, 2.45) is 0 Å². The van der Waals surface area contributed by atoms with Crippen LogP contribution in [-0.2, 0) is 14.4 Å². The van der Waals surface area contributed by atoms with Crippen molar-refractivity contribution in [2.75, 3.05) is 25.5 Å². The van der Waals surface area contributed by atoms with Gasteiger partial charge in [0.1, 0.15) is 5.70 Å². The molecule has 0 unspecified atom stereocenters. The number of aryl methyl sites for hydroxylation is 1. The van der Waals surface area contributed by atoms with Crippen LogP contribution in [-0.4, -0.2) is 62.8 Å². The van der Waals surface area contributed by atoms with Gasteiger partial charge in [-0.2, -0.15) is 0 Å². The number of carbonyl (C=O) groups excluding carboxylic acids is 3. The van der Waals surface area contributed by atoms with Gasteiger partial charge in [0.2, 0.25) is 5.91 Å². The first kappa shape index (κ1) is 18.7. The quantitative estimate of drug-likeness (QED) is 0.777. The van der Waals surface area contributed by atoms with E-state index < -0.39 is 0 Å². The molecular weight excluding hydrogens is 372 g/mol. The summed E-state index contributed by atoms with van der Waals surface area (Å²) in [5.41, 5.74) is 3.40. The number of hydrogen-bond donors (Lipinski definition) is 1. The average Bonchev–Trinajstić information content (AvgIpc) is 2.94. The third kappa shape index (κ3) is 3.46. The highest BCUT2D eigenvalue weighted by Crippen LogP contribution is 2.30. The van der Waals surface area contributed by atoms with Crippen molar-refractivity contribution < 1.29 is 14.4 Å². The Hall–Kier alpha value is -3.62. The van der Waals surface area contributed by atoms with Crippen LogP contribution >= 0.6 is 0 Å². The number of imide groups is 1. The number of aromatic nitrogens is 3. The van der Waals surface area contributed by atoms with E-state index in [9.17, 15) is 14.4 Å². The summed E-state index contributed by atoms with van der Waals surface area (Å²) in [6, 6.07) is 5.33. The second kappa shape index (κ2) is 7.42. The van der Waals surface area contributed by atoms with Gasteiger partial charge in [0.05, 0.1) is 12.2 Å². The van der Waals surface area contributed by atoms with E-state index in [1.807, 2.05) is 13.0 Å². The van der Waals surface area contributed by atoms with Crippen LogP contribution in [0.1, 0.15) is 18.4 Å². The van der Waals surface area contributed by atoms with Gasteiger partial charge in [-0.05, 0) is 43.5 Å². The fraction of sp³-hybridized carbons (Fsp3) is 0.300. The number of nitrogens with zero attached hydrogens (tertiary/aromatic N) is 5. The molecule has 4 rings (SSSR count). The van der Waals surface area contributed by atoms with Crippen molar-refractivity contribution in [2.45, 2.75) is 19.8 Å². The van der Waals surface area contributed by atoms with E-state index in [1.54, 1.807) is 29.4 Å². The number of likely N-dealkylation sites (N-methyl/N-ethyl adjacent to an activating group) is 1. The first-order valence-electron chi connectivity index (χ1n) is 9.30. The first-order chi connectivity index (χ1) is 14.0. The van der Waals surface area contributed by atoms with E-state index in [0.717, 1.165) is 22.4 Å². The SMILES string of the molecule is Cc1ccncc1-c1ccc(NC(=O)CN2CCCC3=C2C(=O)N(C)C3=O)nn1. The maximum atomic E-state index is 12.5. The van der Waals surface area contributed by atoms with E-state index in [4.69, 9.17) is 0 Å². The standard InChI is InChI=1S/C20H20N6O3/c1-12-7-8-21-10-14(12)15-5-6-16(24-23-15)22-17(27)11-26-9-3-4-13-18(26)20(29)25(2)19(13)28/h5-8,10H,3-4,9,11H2,1-2H3,(H,22,24,27). The topological polar surface area (TPSA) is 108 Å². The third-order valence-electron chi connectivity index (χ3n) is 5.11. The van der Waals surface area contributed by atoms with Crippen molar-refractivity contribution in [1.82, 2.24) is 25.0 Å². The van der Waals surface area contributed by atoms with Gasteiger partial charge in [-0.1, -0.05) is 0 Å². The maximum absolute atomic E-state index is 12.5. The zero-order chi connectivity index (χ0) is 20.5. The number of carbonyl (C=O) groups is 3. The van der Waals surface area contributed by atoms with Crippen LogP contribution in [0.2, 0.25) is 0 Å². The van der Waals surface area contributed by atoms with Crippen molar-refractivity contribution in [1.29, 1.82) is 0 Å². The van der Waals surface area contributed by atoms with E-state index in [2.05, 4.69) is 20.5 Å². The Morgan fingerprint density at radius 2 is 2.00 bits per heavy atom. The maximum Gasteiger partial charge on any atom is 0.277 e. The fourth-order valence-corrected chi connectivity index (χ4v) is 3.58. The summed E-state index contributed by atoms with van der Waals surface area (Å²) in [5, 5.41) is 10.9. The number of hydrogen-bond acceptors (Lipinski definition) is 7. The van der Waals surface area contributed by atoms with Crippen molar-refractivity contribution >= 4 is 23.5 Å². The summed E-state index contributed by atoms with van der Waals surface area (Å²) >= 11 is 0. The Kier molecular flexibility index (Phi) is 4.79. The molecule has 0 radical (unpaired) electrons. The van der Waals surface area contributed by atoms with Gasteiger partial charge in [0.25, 0.3) is 11.8 Å². The molecule has 0 aromatic carbocycles. The minimum Gasteiger partial charge on any atom is -0.357 e. The normalized spacial score (nSPS) is 16.3. The minimum atomic E-state index is -0.353. The molecule has 2 aromatic rings. The molecule has 3 amide bonds. The van der Waals surface area contributed by atoms with Crippen LogP contribution in [0.4, 0.5) is 5.82 Å². The molecule has 0 spiro atoms. The van der Waals surface area contributed by atoms with Crippen molar-refractivity contribution in [3.8, 4) is 11.3 Å². The van der Waals surface area contributed by atoms with Crippen LogP contribution in [0.25, 0.3) is 11.3 Å². The van der Waals surface area contributed by atoms with Crippen LogP contribution in [0.15, 0.2) is 41.9 Å². The highest BCUT2D eigenvalue weighted by molar-refractivity contribution is 6.19. The highest BCUT2D eigenvalue weighted by atomic mass is 16.2. The van der Waals surface area contributed by atoms with Gasteiger partial charge >= 0.3 is 0 Å². The zero-order valence-corrected chi connectivity index (χ0v) is 16.2. The summed E-state index contributed by atoms with van der Waals surface area (Å²) < 4.78 is 0. The summed E-state index contributed by atoms with van der Waals surface area (Å²) in [7, 11) is 1.46. The van der Waals surface area contributed by atoms with E-state index >= 15 is 0 Å². The Morgan fingerprint density at radius 3 is 2.72 bits per heavy atom. The predicted octanol–water partition coefficient (Wildman–Crippen LogP) is 1.13. The average molecular weight is 392 g/mol. The molecule has 0 atom stereocenters. The fourth-order valence-electron chi connectivity index (χ4n) is 3.58. The molecular formula is C20H20N6O3. The first-order valence-corrected chi connectivity index (χ1v) is 9.30. The molecule has 1 N–H and O–H groups in total. The van der Waals surface area contributed by atoms with Crippen LogP contribution in [0.5, 0.6) is 0 Å². The van der Waals surface area contributed by atoms with Gasteiger partial charge in [0.15, 0.2) is 5.82 Å². The van der Waals surface area contributed by atoms with Crippen LogP contribution < -0.4 is 5.32 Å². The molecule has 0 saturated heterocycles. The Balaban J connectivity index is 1.44. The third-order valence-corrected chi connectivity index (χ3v) is 5.11. The lowest BCUT2D eigenvalue weighted by atomic mass is 10.0. The molecule has 2 aliphatic rings. The summed E-state index contributed by atoms with van der Waals surface area (Å²) in [6.45, 7) is 2.48. The van der Waals surface area contributed by atoms with E-state index in [0.29, 0.717) is 35.7 Å². The van der Waals surface area contributed by atoms with Crippen LogP contribution in [0, 0.1) is 6.92 Å². The van der Waals surface area contributed by atoms with Gasteiger partial charge in [-0.15, -0.1) is 10.2 Å². The molecule has 0 saturated carbocycles. The molecule has 4 heterocycles. The minimum absolute atomic E-state index is 0.0309. The predicted molar refractivity (Wildman–Crippen MR) is 104 cm³/mol. The second-order valence-electron chi connectivity index (χ2n) is 7.06. The highest BCUT2D eigenvalue weighted by Gasteiger charge is 2.40. The molecule has 9 heteroatoms. The summed E-state index contributed by atoms with van der Waals surface area (Å²) in [6.07, 6.45) is 4.71. The number of rotatable bonds is 4. The largest absolute Gasteiger partial charge is 0.357 e. The summed E-state index contributed by atoms with van der Waals surface area (Å²) in [5.74, 6) is -0.638. The Morgan fingerprint density at radius 1 is 1.17 bits per heavy atom. The number of pyridine rings is 1. The number of anilines is 1. The molecule has 148 valence electrons. The zero-order valence-electron chi connectivity index (χ0n) is 16.2. The molecule has 29 heavy (non-hydrogen) atoms. The molecule has 0 bridgehead atoms. The van der Waals surface area contributed by atoms with Gasteiger partial charge in [0, 0.05) is 37.1 Å². The van der Waals surface area contributed by atoms with Gasteiger partial charge in [-0.3, -0.25) is 24.3 Å². The molecule has 9 nitrogen and oxygen atoms in total. The second-order valence-corrected chi connectivity index (χ2v) is 7.06. The molecule has 2 aromatic heterocycles. The van der Waals surface area contributed by atoms with E-state index in [1.165, 1.54) is 7.05 Å². The number of amides is 3.